The summed E-state index contributed by atoms with van der Waals surface area (Å²) in [4.78, 5) is 26.0. The van der Waals surface area contributed by atoms with Crippen LogP contribution in [-0.2, 0) is 15.3 Å². The van der Waals surface area contributed by atoms with Gasteiger partial charge in [0.2, 0.25) is 0 Å². The number of fused-ring (bicyclic) bond motifs is 1. The standard InChI is InChI=1S/C21H19N3O4S3/c1-12-23-24-21(31-12)30-11-14-13-6-3-4-7-16(13)28-19(14)20(26)22-15(10-18(25)27-2)17-8-5-9-29-17/h3-9,15H,10-11H2,1-2H3,(H,22,26). The summed E-state index contributed by atoms with van der Waals surface area (Å²) in [6, 6.07) is 10.8. The average Bonchev–Trinajstić information content (AvgIpc) is 3.51. The molecule has 3 heterocycles. The molecule has 0 spiro atoms. The molecule has 1 amide bonds. The third-order valence-corrected chi connectivity index (χ3v) is 7.53. The molecular weight excluding hydrogens is 454 g/mol. The Kier molecular flexibility index (Phi) is 6.69. The van der Waals surface area contributed by atoms with Gasteiger partial charge in [-0.15, -0.1) is 21.5 Å². The van der Waals surface area contributed by atoms with E-state index in [1.165, 1.54) is 41.5 Å². The normalized spacial score (nSPS) is 12.1. The van der Waals surface area contributed by atoms with Crippen LogP contribution in [0.3, 0.4) is 0 Å². The molecule has 1 unspecified atom stereocenters. The molecule has 0 saturated heterocycles. The van der Waals surface area contributed by atoms with Crippen molar-refractivity contribution < 1.29 is 18.7 Å². The fourth-order valence-electron chi connectivity index (χ4n) is 3.08. The predicted octanol–water partition coefficient (Wildman–Crippen LogP) is 4.98. The molecule has 0 radical (unpaired) electrons. The van der Waals surface area contributed by atoms with Gasteiger partial charge in [-0.25, -0.2) is 0 Å². The third-order valence-electron chi connectivity index (χ3n) is 4.54. The van der Waals surface area contributed by atoms with Gasteiger partial charge in [-0.3, -0.25) is 9.59 Å². The second kappa shape index (κ2) is 9.63. The van der Waals surface area contributed by atoms with Gasteiger partial charge in [-0.2, -0.15) is 0 Å². The van der Waals surface area contributed by atoms with Crippen LogP contribution in [0.4, 0.5) is 0 Å². The summed E-state index contributed by atoms with van der Waals surface area (Å²) < 4.78 is 11.6. The van der Waals surface area contributed by atoms with Crippen molar-refractivity contribution in [3.8, 4) is 0 Å². The van der Waals surface area contributed by atoms with E-state index >= 15 is 0 Å². The van der Waals surface area contributed by atoms with Crippen molar-refractivity contribution in [2.24, 2.45) is 0 Å². The molecule has 4 rings (SSSR count). The molecule has 1 aromatic carbocycles. The highest BCUT2D eigenvalue weighted by atomic mass is 32.2. The molecule has 0 aliphatic rings. The van der Waals surface area contributed by atoms with Crippen molar-refractivity contribution in [2.75, 3.05) is 7.11 Å². The van der Waals surface area contributed by atoms with Gasteiger partial charge in [0.15, 0.2) is 10.1 Å². The minimum Gasteiger partial charge on any atom is -0.469 e. The highest BCUT2D eigenvalue weighted by Crippen LogP contribution is 2.33. The van der Waals surface area contributed by atoms with Crippen LogP contribution < -0.4 is 5.32 Å². The number of thiophene rings is 1. The van der Waals surface area contributed by atoms with Crippen LogP contribution in [0.1, 0.15) is 38.5 Å². The molecule has 3 aromatic heterocycles. The first-order valence-electron chi connectivity index (χ1n) is 9.39. The Balaban J connectivity index is 1.62. The number of aryl methyl sites for hydroxylation is 1. The number of hydrogen-bond donors (Lipinski definition) is 1. The molecule has 0 saturated carbocycles. The highest BCUT2D eigenvalue weighted by Gasteiger charge is 2.26. The van der Waals surface area contributed by atoms with Crippen molar-refractivity contribution in [3.63, 3.8) is 0 Å². The number of nitrogens with zero attached hydrogens (tertiary/aromatic N) is 2. The van der Waals surface area contributed by atoms with Gasteiger partial charge in [0.1, 0.15) is 10.6 Å². The van der Waals surface area contributed by atoms with E-state index in [9.17, 15) is 9.59 Å². The molecule has 0 fully saturated rings. The SMILES string of the molecule is COC(=O)CC(NC(=O)c1oc2ccccc2c1CSc1nnc(C)s1)c1cccs1. The number of carbonyl (C=O) groups excluding carboxylic acids is 2. The zero-order valence-corrected chi connectivity index (χ0v) is 19.2. The van der Waals surface area contributed by atoms with Crippen molar-refractivity contribution in [2.45, 2.75) is 29.5 Å². The summed E-state index contributed by atoms with van der Waals surface area (Å²) in [6.45, 7) is 1.90. The van der Waals surface area contributed by atoms with E-state index in [1.54, 1.807) is 0 Å². The van der Waals surface area contributed by atoms with Gasteiger partial charge in [0.05, 0.1) is 19.6 Å². The van der Waals surface area contributed by atoms with Crippen LogP contribution in [0.2, 0.25) is 0 Å². The average molecular weight is 474 g/mol. The van der Waals surface area contributed by atoms with Gasteiger partial charge in [-0.05, 0) is 24.4 Å². The van der Waals surface area contributed by atoms with E-state index in [-0.39, 0.29) is 18.1 Å². The Morgan fingerprint density at radius 3 is 2.77 bits per heavy atom. The lowest BCUT2D eigenvalue weighted by atomic mass is 10.1. The van der Waals surface area contributed by atoms with Gasteiger partial charge in [0, 0.05) is 21.6 Å². The van der Waals surface area contributed by atoms with Crippen LogP contribution in [-0.4, -0.2) is 29.2 Å². The molecule has 7 nitrogen and oxygen atoms in total. The molecule has 160 valence electrons. The fourth-order valence-corrected chi connectivity index (χ4v) is 5.70. The molecule has 10 heteroatoms. The number of ether oxygens (including phenoxy) is 1. The van der Waals surface area contributed by atoms with Gasteiger partial charge >= 0.3 is 5.97 Å². The van der Waals surface area contributed by atoms with Crippen LogP contribution in [0, 0.1) is 6.92 Å². The number of aromatic nitrogens is 2. The predicted molar refractivity (Wildman–Crippen MR) is 122 cm³/mol. The maximum absolute atomic E-state index is 13.2. The monoisotopic (exact) mass is 473 g/mol. The van der Waals surface area contributed by atoms with Crippen LogP contribution in [0.15, 0.2) is 50.5 Å². The number of para-hydroxylation sites is 1. The van der Waals surface area contributed by atoms with E-state index < -0.39 is 12.0 Å². The summed E-state index contributed by atoms with van der Waals surface area (Å²) in [7, 11) is 1.33. The number of nitrogens with one attached hydrogen (secondary N) is 1. The minimum absolute atomic E-state index is 0.0388. The Labute approximate surface area is 190 Å². The third kappa shape index (κ3) is 4.97. The molecule has 1 atom stereocenters. The number of hydrogen-bond acceptors (Lipinski definition) is 9. The Bertz CT molecular complexity index is 1200. The molecule has 0 aliphatic carbocycles. The van der Waals surface area contributed by atoms with Gasteiger partial charge < -0.3 is 14.5 Å². The Morgan fingerprint density at radius 2 is 2.06 bits per heavy atom. The Morgan fingerprint density at radius 1 is 1.23 bits per heavy atom. The first-order valence-corrected chi connectivity index (χ1v) is 12.1. The van der Waals surface area contributed by atoms with Crippen molar-refractivity contribution in [1.82, 2.24) is 15.5 Å². The topological polar surface area (TPSA) is 94.3 Å². The largest absolute Gasteiger partial charge is 0.469 e. The first-order chi connectivity index (χ1) is 15.0. The van der Waals surface area contributed by atoms with Crippen LogP contribution in [0.25, 0.3) is 11.0 Å². The summed E-state index contributed by atoms with van der Waals surface area (Å²) in [5, 5.41) is 14.8. The van der Waals surface area contributed by atoms with Crippen molar-refractivity contribution >= 4 is 57.3 Å². The zero-order chi connectivity index (χ0) is 21.8. The molecule has 31 heavy (non-hydrogen) atoms. The molecule has 0 aliphatic heterocycles. The fraction of sp³-hybridized carbons (Fsp3) is 0.238. The number of furan rings is 1. The number of carbonyl (C=O) groups is 2. The van der Waals surface area contributed by atoms with E-state index in [2.05, 4.69) is 15.5 Å². The number of rotatable bonds is 8. The number of benzene rings is 1. The molecular formula is C21H19N3O4S3. The summed E-state index contributed by atoms with van der Waals surface area (Å²) >= 11 is 4.48. The van der Waals surface area contributed by atoms with Crippen molar-refractivity contribution in [3.05, 3.63) is 63.0 Å². The summed E-state index contributed by atoms with van der Waals surface area (Å²) in [5.41, 5.74) is 1.42. The number of amides is 1. The number of thioether (sulfide) groups is 1. The maximum Gasteiger partial charge on any atom is 0.307 e. The highest BCUT2D eigenvalue weighted by molar-refractivity contribution is 8.00. The van der Waals surface area contributed by atoms with Crippen LogP contribution >= 0.6 is 34.4 Å². The molecule has 1 N–H and O–H groups in total. The summed E-state index contributed by atoms with van der Waals surface area (Å²) in [6.07, 6.45) is 0.0388. The smallest absolute Gasteiger partial charge is 0.307 e. The quantitative estimate of drug-likeness (QED) is 0.285. The van der Waals surface area contributed by atoms with E-state index in [4.69, 9.17) is 9.15 Å². The van der Waals surface area contributed by atoms with E-state index in [0.717, 1.165) is 25.2 Å². The maximum atomic E-state index is 13.2. The van der Waals surface area contributed by atoms with E-state index in [1.807, 2.05) is 48.7 Å². The second-order valence-corrected chi connectivity index (χ2v) is 9.99. The lowest BCUT2D eigenvalue weighted by Crippen LogP contribution is -2.30. The van der Waals surface area contributed by atoms with Gasteiger partial charge in [-0.1, -0.05) is 47.4 Å². The lowest BCUT2D eigenvalue weighted by Gasteiger charge is -2.16. The lowest BCUT2D eigenvalue weighted by molar-refractivity contribution is -0.141. The minimum atomic E-state index is -0.500. The number of esters is 1. The second-order valence-electron chi connectivity index (χ2n) is 6.60. The van der Waals surface area contributed by atoms with E-state index in [0.29, 0.717) is 11.3 Å². The first kappa shape index (κ1) is 21.5. The molecule has 0 bridgehead atoms. The Hall–Kier alpha value is -2.69. The number of methoxy groups -OCH3 is 1. The zero-order valence-electron chi connectivity index (χ0n) is 16.8. The summed E-state index contributed by atoms with van der Waals surface area (Å²) in [5.74, 6) is -0.0238. The van der Waals surface area contributed by atoms with Gasteiger partial charge in [0.25, 0.3) is 5.91 Å². The van der Waals surface area contributed by atoms with Crippen molar-refractivity contribution in [1.29, 1.82) is 0 Å². The molecule has 4 aromatic rings. The van der Waals surface area contributed by atoms with Crippen LogP contribution in [0.5, 0.6) is 0 Å².